The molecule has 0 radical (unpaired) electrons. The maximum Gasteiger partial charge on any atom is -0.00675 e. The third-order valence-corrected chi connectivity index (χ3v) is 5.44. The van der Waals surface area contributed by atoms with Gasteiger partial charge in [-0.25, -0.2) is 0 Å². The van der Waals surface area contributed by atoms with Crippen LogP contribution < -0.4 is 0 Å². The Hall–Kier alpha value is 0.350. The molecule has 0 heterocycles. The van der Waals surface area contributed by atoms with Crippen molar-refractivity contribution in [2.45, 2.75) is 117 Å². The molecule has 0 atom stereocenters. The van der Waals surface area contributed by atoms with E-state index < -0.39 is 0 Å². The average molecular weight is 315 g/mol. The Labute approximate surface area is 140 Å². The summed E-state index contributed by atoms with van der Waals surface area (Å²) in [6, 6.07) is 0. The van der Waals surface area contributed by atoms with Crippen LogP contribution in [0.4, 0.5) is 0 Å². The van der Waals surface area contributed by atoms with Crippen LogP contribution in [0.15, 0.2) is 0 Å². The molecule has 0 aromatic carbocycles. The molecule has 0 N–H and O–H groups in total. The summed E-state index contributed by atoms with van der Waals surface area (Å²) in [5, 5.41) is 0. The van der Waals surface area contributed by atoms with Crippen molar-refractivity contribution < 1.29 is 0 Å². The summed E-state index contributed by atoms with van der Waals surface area (Å²) in [5.41, 5.74) is 0. The van der Waals surface area contributed by atoms with Crippen molar-refractivity contribution in [2.24, 2.45) is 0 Å². The van der Waals surface area contributed by atoms with Gasteiger partial charge in [0.2, 0.25) is 0 Å². The number of rotatable bonds is 18. The van der Waals surface area contributed by atoms with E-state index in [2.05, 4.69) is 25.6 Å². The molecule has 0 unspecified atom stereocenters. The van der Waals surface area contributed by atoms with Gasteiger partial charge in [0.05, 0.1) is 0 Å². The Morgan fingerprint density at radius 3 is 1.00 bits per heavy atom. The zero-order valence-corrected chi connectivity index (χ0v) is 16.0. The van der Waals surface area contributed by atoms with Gasteiger partial charge < -0.3 is 0 Å². The van der Waals surface area contributed by atoms with E-state index in [1.165, 1.54) is 114 Å². The smallest absolute Gasteiger partial charge is 0.00675 e. The Balaban J connectivity index is 2.90. The highest BCUT2D eigenvalue weighted by Gasteiger charge is 1.94. The Bertz CT molecular complexity index is 149. The first kappa shape index (κ1) is 21.4. The van der Waals surface area contributed by atoms with Gasteiger partial charge in [0, 0.05) is 0 Å². The van der Waals surface area contributed by atoms with Gasteiger partial charge in [-0.15, -0.1) is 0 Å². The highest BCUT2D eigenvalue weighted by molar-refractivity contribution is 7.99. The highest BCUT2D eigenvalue weighted by atomic mass is 32.2. The third-order valence-electron chi connectivity index (χ3n) is 4.28. The quantitative estimate of drug-likeness (QED) is 0.231. The molecule has 0 rings (SSSR count). The molecule has 1 heteroatoms. The molecule has 0 aliphatic carbocycles. The van der Waals surface area contributed by atoms with E-state index in [9.17, 15) is 0 Å². The lowest BCUT2D eigenvalue weighted by molar-refractivity contribution is 0.563. The number of thioether (sulfide) groups is 1. The molecule has 0 aliphatic heterocycles. The molecule has 0 aromatic heterocycles. The topological polar surface area (TPSA) is 0 Å². The summed E-state index contributed by atoms with van der Waals surface area (Å²) in [6.07, 6.45) is 23.2. The first-order valence-corrected chi connectivity index (χ1v) is 11.1. The first-order chi connectivity index (χ1) is 10.4. The molecule has 0 aromatic rings. The first-order valence-electron chi connectivity index (χ1n) is 9.99. The van der Waals surface area contributed by atoms with E-state index in [-0.39, 0.29) is 0 Å². The second-order valence-corrected chi connectivity index (χ2v) is 7.79. The standard InChI is InChI=1S/C20H42S/c1-3-5-7-9-11-12-13-14-16-18-20-21-19-17-15-10-8-6-4-2/h3-20H2,1-2H3. The monoisotopic (exact) mass is 314 g/mol. The van der Waals surface area contributed by atoms with E-state index in [1.54, 1.807) is 0 Å². The molecule has 0 bridgehead atoms. The molecule has 0 spiro atoms. The van der Waals surface area contributed by atoms with E-state index in [0.29, 0.717) is 0 Å². The van der Waals surface area contributed by atoms with E-state index in [0.717, 1.165) is 0 Å². The number of hydrogen-bond acceptors (Lipinski definition) is 1. The van der Waals surface area contributed by atoms with Crippen molar-refractivity contribution in [3.8, 4) is 0 Å². The van der Waals surface area contributed by atoms with Crippen molar-refractivity contribution in [2.75, 3.05) is 11.5 Å². The van der Waals surface area contributed by atoms with Gasteiger partial charge >= 0.3 is 0 Å². The molecule has 0 saturated heterocycles. The summed E-state index contributed by atoms with van der Waals surface area (Å²) in [7, 11) is 0. The molecule has 0 nitrogen and oxygen atoms in total. The molecule has 0 aliphatic rings. The van der Waals surface area contributed by atoms with E-state index in [1.807, 2.05) is 0 Å². The number of hydrogen-bond donors (Lipinski definition) is 0. The Morgan fingerprint density at radius 1 is 0.381 bits per heavy atom. The van der Waals surface area contributed by atoms with E-state index >= 15 is 0 Å². The fourth-order valence-corrected chi connectivity index (χ4v) is 3.80. The Morgan fingerprint density at radius 2 is 0.667 bits per heavy atom. The maximum atomic E-state index is 2.30. The molecule has 0 amide bonds. The minimum absolute atomic E-state index is 1.37. The molecule has 21 heavy (non-hydrogen) atoms. The van der Waals surface area contributed by atoms with Gasteiger partial charge in [0.1, 0.15) is 0 Å². The van der Waals surface area contributed by atoms with Gasteiger partial charge in [-0.2, -0.15) is 11.8 Å². The van der Waals surface area contributed by atoms with Crippen LogP contribution in [0.3, 0.4) is 0 Å². The molecule has 0 fully saturated rings. The van der Waals surface area contributed by atoms with Crippen molar-refractivity contribution in [1.82, 2.24) is 0 Å². The Kier molecular flexibility index (Phi) is 20.7. The van der Waals surface area contributed by atoms with Gasteiger partial charge in [-0.3, -0.25) is 0 Å². The fraction of sp³-hybridized carbons (Fsp3) is 1.00. The van der Waals surface area contributed by atoms with Crippen molar-refractivity contribution in [3.63, 3.8) is 0 Å². The van der Waals surface area contributed by atoms with Crippen LogP contribution >= 0.6 is 11.8 Å². The van der Waals surface area contributed by atoms with Crippen LogP contribution in [0.25, 0.3) is 0 Å². The highest BCUT2D eigenvalue weighted by Crippen LogP contribution is 2.14. The zero-order chi connectivity index (χ0) is 15.4. The van der Waals surface area contributed by atoms with Crippen LogP contribution in [0, 0.1) is 0 Å². The van der Waals surface area contributed by atoms with Crippen molar-refractivity contribution >= 4 is 11.8 Å². The summed E-state index contributed by atoms with van der Waals surface area (Å²) < 4.78 is 0. The van der Waals surface area contributed by atoms with Gasteiger partial charge in [0.15, 0.2) is 0 Å². The van der Waals surface area contributed by atoms with Gasteiger partial charge in [-0.1, -0.05) is 104 Å². The normalized spacial score (nSPS) is 11.1. The molecule has 0 saturated carbocycles. The summed E-state index contributed by atoms with van der Waals surface area (Å²) in [5.74, 6) is 2.81. The lowest BCUT2D eigenvalue weighted by Gasteiger charge is -2.03. The predicted octanol–water partition coefficient (Wildman–Crippen LogP) is 8.00. The van der Waals surface area contributed by atoms with E-state index in [4.69, 9.17) is 0 Å². The molecular formula is C20H42S. The van der Waals surface area contributed by atoms with Crippen LogP contribution in [-0.4, -0.2) is 11.5 Å². The lowest BCUT2D eigenvalue weighted by atomic mass is 10.1. The SMILES string of the molecule is CCCCCCCCCCCCSCCCCCCCC. The fourth-order valence-electron chi connectivity index (χ4n) is 2.78. The second-order valence-electron chi connectivity index (χ2n) is 6.56. The van der Waals surface area contributed by atoms with Crippen LogP contribution in [-0.2, 0) is 0 Å². The maximum absolute atomic E-state index is 2.30. The minimum atomic E-state index is 1.37. The molecular weight excluding hydrogens is 272 g/mol. The summed E-state index contributed by atoms with van der Waals surface area (Å²) >= 11 is 2.19. The second kappa shape index (κ2) is 20.3. The predicted molar refractivity (Wildman–Crippen MR) is 103 cm³/mol. The largest absolute Gasteiger partial charge is 0.162 e. The van der Waals surface area contributed by atoms with Crippen LogP contribution in [0.5, 0.6) is 0 Å². The van der Waals surface area contributed by atoms with Crippen LogP contribution in [0.1, 0.15) is 117 Å². The van der Waals surface area contributed by atoms with Crippen molar-refractivity contribution in [3.05, 3.63) is 0 Å². The summed E-state index contributed by atoms with van der Waals surface area (Å²) in [6.45, 7) is 4.59. The third kappa shape index (κ3) is 20.4. The lowest BCUT2D eigenvalue weighted by Crippen LogP contribution is -1.87. The summed E-state index contributed by atoms with van der Waals surface area (Å²) in [4.78, 5) is 0. The van der Waals surface area contributed by atoms with Gasteiger partial charge in [0.25, 0.3) is 0 Å². The van der Waals surface area contributed by atoms with Crippen LogP contribution in [0.2, 0.25) is 0 Å². The zero-order valence-electron chi connectivity index (χ0n) is 15.1. The molecule has 128 valence electrons. The van der Waals surface area contributed by atoms with Crippen molar-refractivity contribution in [1.29, 1.82) is 0 Å². The minimum Gasteiger partial charge on any atom is -0.162 e. The van der Waals surface area contributed by atoms with Gasteiger partial charge in [-0.05, 0) is 24.3 Å². The average Bonchev–Trinajstić information content (AvgIpc) is 2.50. The number of unbranched alkanes of at least 4 members (excludes halogenated alkanes) is 14.